The summed E-state index contributed by atoms with van der Waals surface area (Å²) in [6, 6.07) is 3.86. The molecule has 1 unspecified atom stereocenters. The molecule has 0 saturated carbocycles. The molecule has 0 radical (unpaired) electrons. The van der Waals surface area contributed by atoms with Crippen LogP contribution >= 0.6 is 23.1 Å². The van der Waals surface area contributed by atoms with E-state index in [1.807, 2.05) is 17.5 Å². The number of amides is 2. The Morgan fingerprint density at radius 1 is 1.40 bits per heavy atom. The third kappa shape index (κ3) is 2.97. The molecule has 0 aromatic carbocycles. The lowest BCUT2D eigenvalue weighted by atomic mass is 10.1. The fraction of sp³-hybridized carbons (Fsp3) is 0.429. The van der Waals surface area contributed by atoms with Crippen molar-refractivity contribution in [1.29, 1.82) is 0 Å². The van der Waals surface area contributed by atoms with Crippen LogP contribution in [0.2, 0.25) is 0 Å². The van der Waals surface area contributed by atoms with Crippen LogP contribution in [0, 0.1) is 0 Å². The number of nitrogens with zero attached hydrogens (tertiary/aromatic N) is 1. The summed E-state index contributed by atoms with van der Waals surface area (Å²) in [5.74, 6) is -0.192. The highest BCUT2D eigenvalue weighted by Crippen LogP contribution is 2.33. The van der Waals surface area contributed by atoms with Crippen molar-refractivity contribution in [2.75, 3.05) is 13.2 Å². The molecule has 2 fully saturated rings. The van der Waals surface area contributed by atoms with Gasteiger partial charge in [-0.15, -0.1) is 11.3 Å². The van der Waals surface area contributed by atoms with E-state index in [1.165, 1.54) is 4.90 Å². The number of rotatable bonds is 3. The van der Waals surface area contributed by atoms with Crippen LogP contribution in [0.15, 0.2) is 22.4 Å². The van der Waals surface area contributed by atoms with Gasteiger partial charge >= 0.3 is 0 Å². The van der Waals surface area contributed by atoms with Gasteiger partial charge in [-0.05, 0) is 48.5 Å². The van der Waals surface area contributed by atoms with Gasteiger partial charge in [0, 0.05) is 11.5 Å². The fourth-order valence-electron chi connectivity index (χ4n) is 2.32. The van der Waals surface area contributed by atoms with Crippen LogP contribution < -0.4 is 0 Å². The van der Waals surface area contributed by atoms with Crippen LogP contribution in [-0.2, 0) is 9.53 Å². The molecule has 2 aliphatic rings. The molecule has 1 aromatic heterocycles. The first-order valence-electron chi connectivity index (χ1n) is 6.64. The highest BCUT2D eigenvalue weighted by atomic mass is 32.2. The smallest absolute Gasteiger partial charge is 0.293 e. The third-order valence-corrected chi connectivity index (χ3v) is 5.08. The third-order valence-electron chi connectivity index (χ3n) is 3.35. The second kappa shape index (κ2) is 6.11. The predicted molar refractivity (Wildman–Crippen MR) is 80.6 cm³/mol. The van der Waals surface area contributed by atoms with E-state index in [2.05, 4.69) is 0 Å². The van der Waals surface area contributed by atoms with E-state index in [0.717, 1.165) is 42.5 Å². The van der Waals surface area contributed by atoms with Crippen molar-refractivity contribution >= 4 is 40.3 Å². The van der Waals surface area contributed by atoms with Gasteiger partial charge in [0.1, 0.15) is 0 Å². The van der Waals surface area contributed by atoms with Crippen molar-refractivity contribution < 1.29 is 14.3 Å². The Morgan fingerprint density at radius 2 is 2.30 bits per heavy atom. The minimum Gasteiger partial charge on any atom is -0.376 e. The molecule has 1 atom stereocenters. The molecule has 3 rings (SSSR count). The van der Waals surface area contributed by atoms with Crippen LogP contribution in [0.5, 0.6) is 0 Å². The molecule has 106 valence electrons. The lowest BCUT2D eigenvalue weighted by Crippen LogP contribution is -2.38. The Bertz CT molecular complexity index is 533. The Balaban J connectivity index is 1.70. The van der Waals surface area contributed by atoms with Crippen LogP contribution in [0.3, 0.4) is 0 Å². The maximum absolute atomic E-state index is 12.3. The summed E-state index contributed by atoms with van der Waals surface area (Å²) in [5.41, 5.74) is 0. The van der Waals surface area contributed by atoms with Crippen molar-refractivity contribution in [3.05, 3.63) is 27.3 Å². The molecule has 2 saturated heterocycles. The summed E-state index contributed by atoms with van der Waals surface area (Å²) in [6.07, 6.45) is 4.88. The summed E-state index contributed by atoms with van der Waals surface area (Å²) in [6.45, 7) is 1.11. The summed E-state index contributed by atoms with van der Waals surface area (Å²) in [7, 11) is 0. The van der Waals surface area contributed by atoms with E-state index < -0.39 is 0 Å². The SMILES string of the molecule is O=C1S/C(=C\c2cccs2)C(=O)N1CC1CCCCO1. The highest BCUT2D eigenvalue weighted by Gasteiger charge is 2.36. The monoisotopic (exact) mass is 309 g/mol. The normalized spacial score (nSPS) is 25.7. The molecule has 1 aromatic rings. The molecule has 0 aliphatic carbocycles. The van der Waals surface area contributed by atoms with E-state index in [9.17, 15) is 9.59 Å². The maximum atomic E-state index is 12.3. The molecule has 6 heteroatoms. The van der Waals surface area contributed by atoms with Crippen molar-refractivity contribution in [2.24, 2.45) is 0 Å². The average Bonchev–Trinajstić information content (AvgIpc) is 3.05. The number of hydrogen-bond donors (Lipinski definition) is 0. The second-order valence-electron chi connectivity index (χ2n) is 4.80. The minimum atomic E-state index is -0.192. The topological polar surface area (TPSA) is 46.6 Å². The molecule has 4 nitrogen and oxygen atoms in total. The largest absolute Gasteiger partial charge is 0.376 e. The van der Waals surface area contributed by atoms with Gasteiger partial charge in [0.15, 0.2) is 0 Å². The maximum Gasteiger partial charge on any atom is 0.293 e. The lowest BCUT2D eigenvalue weighted by Gasteiger charge is -2.25. The average molecular weight is 309 g/mol. The van der Waals surface area contributed by atoms with Gasteiger partial charge in [0.25, 0.3) is 11.1 Å². The molecule has 0 N–H and O–H groups in total. The lowest BCUT2D eigenvalue weighted by molar-refractivity contribution is -0.124. The molecule has 0 spiro atoms. The minimum absolute atomic E-state index is 0.00154. The van der Waals surface area contributed by atoms with Gasteiger partial charge in [-0.25, -0.2) is 0 Å². The standard InChI is InChI=1S/C14H15NO3S2/c16-13-12(8-11-5-3-7-19-11)20-14(17)15(13)9-10-4-1-2-6-18-10/h3,5,7-8,10H,1-2,4,6,9H2/b12-8-. The first-order chi connectivity index (χ1) is 9.74. The second-order valence-corrected chi connectivity index (χ2v) is 6.77. The fourth-order valence-corrected chi connectivity index (χ4v) is 3.89. The van der Waals surface area contributed by atoms with E-state index in [0.29, 0.717) is 11.4 Å². The molecule has 20 heavy (non-hydrogen) atoms. The van der Waals surface area contributed by atoms with Crippen LogP contribution in [0.4, 0.5) is 4.79 Å². The van der Waals surface area contributed by atoms with Crippen LogP contribution in [0.1, 0.15) is 24.1 Å². The number of ether oxygens (including phenoxy) is 1. The molecule has 3 heterocycles. The molecule has 2 amide bonds. The summed E-state index contributed by atoms with van der Waals surface area (Å²) < 4.78 is 5.60. The molecular formula is C14H15NO3S2. The van der Waals surface area contributed by atoms with E-state index in [1.54, 1.807) is 17.4 Å². The highest BCUT2D eigenvalue weighted by molar-refractivity contribution is 8.18. The van der Waals surface area contributed by atoms with Crippen molar-refractivity contribution in [1.82, 2.24) is 4.90 Å². The predicted octanol–water partition coefficient (Wildman–Crippen LogP) is 3.35. The Morgan fingerprint density at radius 3 is 3.00 bits per heavy atom. The number of imide groups is 1. The van der Waals surface area contributed by atoms with Crippen molar-refractivity contribution in [3.63, 3.8) is 0 Å². The Kier molecular flexibility index (Phi) is 4.24. The van der Waals surface area contributed by atoms with Gasteiger partial charge in [-0.2, -0.15) is 0 Å². The zero-order valence-electron chi connectivity index (χ0n) is 10.9. The molecular weight excluding hydrogens is 294 g/mol. The number of thioether (sulfide) groups is 1. The first kappa shape index (κ1) is 13.9. The number of hydrogen-bond acceptors (Lipinski definition) is 5. The van der Waals surface area contributed by atoms with E-state index in [-0.39, 0.29) is 17.3 Å². The van der Waals surface area contributed by atoms with E-state index >= 15 is 0 Å². The zero-order valence-corrected chi connectivity index (χ0v) is 12.5. The van der Waals surface area contributed by atoms with Gasteiger partial charge < -0.3 is 4.74 Å². The Labute approximate surface area is 125 Å². The van der Waals surface area contributed by atoms with Crippen LogP contribution in [-0.4, -0.2) is 35.3 Å². The zero-order chi connectivity index (χ0) is 13.9. The van der Waals surface area contributed by atoms with Crippen molar-refractivity contribution in [3.8, 4) is 0 Å². The van der Waals surface area contributed by atoms with Gasteiger partial charge in [0.05, 0.1) is 17.6 Å². The van der Waals surface area contributed by atoms with E-state index in [4.69, 9.17) is 4.74 Å². The summed E-state index contributed by atoms with van der Waals surface area (Å²) >= 11 is 2.57. The first-order valence-corrected chi connectivity index (χ1v) is 8.34. The molecule has 2 aliphatic heterocycles. The summed E-state index contributed by atoms with van der Waals surface area (Å²) in [4.78, 5) is 27.1. The Hall–Kier alpha value is -1.11. The van der Waals surface area contributed by atoms with Crippen molar-refractivity contribution in [2.45, 2.75) is 25.4 Å². The van der Waals surface area contributed by atoms with Gasteiger partial charge in [-0.1, -0.05) is 6.07 Å². The molecule has 0 bridgehead atoms. The summed E-state index contributed by atoms with van der Waals surface area (Å²) in [5, 5.41) is 1.76. The van der Waals surface area contributed by atoms with Gasteiger partial charge in [0.2, 0.25) is 0 Å². The van der Waals surface area contributed by atoms with Crippen LogP contribution in [0.25, 0.3) is 6.08 Å². The number of carbonyl (C=O) groups is 2. The number of carbonyl (C=O) groups excluding carboxylic acids is 2. The quantitative estimate of drug-likeness (QED) is 0.803. The van der Waals surface area contributed by atoms with Gasteiger partial charge in [-0.3, -0.25) is 14.5 Å². The number of thiophene rings is 1.